The maximum atomic E-state index is 11.3. The monoisotopic (exact) mass is 268 g/mol. The molecule has 1 aromatic rings. The van der Waals surface area contributed by atoms with Crippen molar-refractivity contribution in [2.75, 3.05) is 6.26 Å². The van der Waals surface area contributed by atoms with Crippen molar-refractivity contribution in [1.29, 1.82) is 0 Å². The smallest absolute Gasteiger partial charge is 0.175 e. The topological polar surface area (TPSA) is 72.2 Å². The molecule has 0 bridgehead atoms. The van der Waals surface area contributed by atoms with Crippen LogP contribution in [0, 0.1) is 0 Å². The van der Waals surface area contributed by atoms with E-state index in [0.29, 0.717) is 4.90 Å². The zero-order valence-corrected chi connectivity index (χ0v) is 11.6. The van der Waals surface area contributed by atoms with Gasteiger partial charge >= 0.3 is 0 Å². The van der Waals surface area contributed by atoms with Gasteiger partial charge in [0.15, 0.2) is 9.84 Å². The first-order valence-electron chi connectivity index (χ1n) is 5.75. The predicted octanol–water partition coefficient (Wildman–Crippen LogP) is 1.95. The highest BCUT2D eigenvalue weighted by Crippen LogP contribution is 2.21. The van der Waals surface area contributed by atoms with Crippen LogP contribution in [0.15, 0.2) is 41.3 Å². The SMILES string of the molecule is C=C(C)CCC(NN)c1ccc(S(C)(=O)=O)cc1. The molecule has 0 aromatic heterocycles. The number of hydrazine groups is 1. The van der Waals surface area contributed by atoms with Gasteiger partial charge in [0.25, 0.3) is 0 Å². The fourth-order valence-electron chi connectivity index (χ4n) is 1.68. The minimum Gasteiger partial charge on any atom is -0.271 e. The van der Waals surface area contributed by atoms with E-state index in [1.807, 2.05) is 6.92 Å². The second-order valence-corrected chi connectivity index (χ2v) is 6.57. The molecule has 0 aliphatic heterocycles. The Kier molecular flexibility index (Phi) is 5.07. The van der Waals surface area contributed by atoms with Crippen LogP contribution in [0.2, 0.25) is 0 Å². The van der Waals surface area contributed by atoms with E-state index in [9.17, 15) is 8.42 Å². The van der Waals surface area contributed by atoms with Gasteiger partial charge in [-0.25, -0.2) is 8.42 Å². The van der Waals surface area contributed by atoms with Crippen LogP contribution >= 0.6 is 0 Å². The van der Waals surface area contributed by atoms with Gasteiger partial charge in [0.1, 0.15) is 0 Å². The number of nitrogens with one attached hydrogen (secondary N) is 1. The average Bonchev–Trinajstić information content (AvgIpc) is 2.29. The molecule has 4 nitrogen and oxygen atoms in total. The molecule has 5 heteroatoms. The third-order valence-corrected chi connectivity index (χ3v) is 3.90. The molecule has 0 amide bonds. The molecule has 3 N–H and O–H groups in total. The summed E-state index contributed by atoms with van der Waals surface area (Å²) in [5.41, 5.74) is 4.82. The number of allylic oxidation sites excluding steroid dienone is 1. The normalized spacial score (nSPS) is 13.3. The van der Waals surface area contributed by atoms with Crippen molar-refractivity contribution < 1.29 is 8.42 Å². The van der Waals surface area contributed by atoms with Crippen molar-refractivity contribution in [1.82, 2.24) is 5.43 Å². The summed E-state index contributed by atoms with van der Waals surface area (Å²) in [5, 5.41) is 0. The molecule has 0 aliphatic rings. The van der Waals surface area contributed by atoms with Crippen LogP contribution in [0.25, 0.3) is 0 Å². The Morgan fingerprint density at radius 3 is 2.33 bits per heavy atom. The second-order valence-electron chi connectivity index (χ2n) is 4.56. The van der Waals surface area contributed by atoms with Crippen molar-refractivity contribution in [2.24, 2.45) is 5.84 Å². The van der Waals surface area contributed by atoms with Crippen LogP contribution in [0.3, 0.4) is 0 Å². The van der Waals surface area contributed by atoms with Gasteiger partial charge < -0.3 is 0 Å². The van der Waals surface area contributed by atoms with E-state index >= 15 is 0 Å². The summed E-state index contributed by atoms with van der Waals surface area (Å²) in [6.07, 6.45) is 2.91. The third kappa shape index (κ3) is 4.25. The van der Waals surface area contributed by atoms with Crippen LogP contribution < -0.4 is 11.3 Å². The summed E-state index contributed by atoms with van der Waals surface area (Å²) in [6.45, 7) is 5.83. The number of nitrogens with two attached hydrogens (primary N) is 1. The number of benzene rings is 1. The van der Waals surface area contributed by atoms with E-state index < -0.39 is 9.84 Å². The van der Waals surface area contributed by atoms with Crippen LogP contribution in [0.5, 0.6) is 0 Å². The van der Waals surface area contributed by atoms with Crippen LogP contribution in [0.4, 0.5) is 0 Å². The quantitative estimate of drug-likeness (QED) is 0.470. The summed E-state index contributed by atoms with van der Waals surface area (Å²) >= 11 is 0. The zero-order chi connectivity index (χ0) is 13.8. The number of rotatable bonds is 6. The van der Waals surface area contributed by atoms with Gasteiger partial charge in [-0.15, -0.1) is 6.58 Å². The highest BCUT2D eigenvalue weighted by atomic mass is 32.2. The molecule has 100 valence electrons. The Bertz CT molecular complexity index is 506. The average molecular weight is 268 g/mol. The molecular formula is C13H20N2O2S. The first-order valence-corrected chi connectivity index (χ1v) is 7.64. The first kappa shape index (κ1) is 14.9. The molecular weight excluding hydrogens is 248 g/mol. The molecule has 18 heavy (non-hydrogen) atoms. The van der Waals surface area contributed by atoms with Crippen molar-refractivity contribution in [3.63, 3.8) is 0 Å². The Morgan fingerprint density at radius 2 is 1.94 bits per heavy atom. The molecule has 0 aliphatic carbocycles. The van der Waals surface area contributed by atoms with Crippen molar-refractivity contribution in [2.45, 2.75) is 30.7 Å². The molecule has 1 atom stereocenters. The fraction of sp³-hybridized carbons (Fsp3) is 0.385. The molecule has 1 aromatic carbocycles. The lowest BCUT2D eigenvalue weighted by molar-refractivity contribution is 0.515. The highest BCUT2D eigenvalue weighted by Gasteiger charge is 2.11. The largest absolute Gasteiger partial charge is 0.271 e. The van der Waals surface area contributed by atoms with Crippen molar-refractivity contribution in [3.8, 4) is 0 Å². The predicted molar refractivity (Wildman–Crippen MR) is 73.7 cm³/mol. The van der Waals surface area contributed by atoms with E-state index in [2.05, 4.69) is 12.0 Å². The molecule has 0 saturated heterocycles. The van der Waals surface area contributed by atoms with E-state index in [4.69, 9.17) is 5.84 Å². The minimum atomic E-state index is -3.14. The van der Waals surface area contributed by atoms with Crippen molar-refractivity contribution in [3.05, 3.63) is 42.0 Å². The lowest BCUT2D eigenvalue weighted by Gasteiger charge is -2.16. The van der Waals surface area contributed by atoms with E-state index in [0.717, 1.165) is 24.0 Å². The molecule has 0 heterocycles. The van der Waals surface area contributed by atoms with Crippen LogP contribution in [0.1, 0.15) is 31.4 Å². The van der Waals surface area contributed by atoms with Gasteiger partial charge in [-0.1, -0.05) is 17.7 Å². The summed E-state index contributed by atoms with van der Waals surface area (Å²) in [4.78, 5) is 0.321. The Hall–Kier alpha value is -1.17. The fourth-order valence-corrected chi connectivity index (χ4v) is 2.31. The van der Waals surface area contributed by atoms with Gasteiger partial charge in [-0.2, -0.15) is 0 Å². The molecule has 1 unspecified atom stereocenters. The van der Waals surface area contributed by atoms with Crippen molar-refractivity contribution >= 4 is 9.84 Å². The summed E-state index contributed by atoms with van der Waals surface area (Å²) < 4.78 is 22.7. The minimum absolute atomic E-state index is 0.00955. The standard InChI is InChI=1S/C13H20N2O2S/c1-10(2)4-9-13(15-14)11-5-7-12(8-6-11)18(3,16)17/h5-8,13,15H,1,4,9,14H2,2-3H3. The van der Waals surface area contributed by atoms with E-state index in [-0.39, 0.29) is 6.04 Å². The lowest BCUT2D eigenvalue weighted by Crippen LogP contribution is -2.28. The third-order valence-electron chi connectivity index (χ3n) is 2.77. The first-order chi connectivity index (χ1) is 8.34. The lowest BCUT2D eigenvalue weighted by atomic mass is 10.0. The van der Waals surface area contributed by atoms with Gasteiger partial charge in [-0.05, 0) is 37.5 Å². The van der Waals surface area contributed by atoms with Gasteiger partial charge in [0.2, 0.25) is 0 Å². The summed E-state index contributed by atoms with van der Waals surface area (Å²) in [6, 6.07) is 6.81. The van der Waals surface area contributed by atoms with Gasteiger partial charge in [0.05, 0.1) is 4.90 Å². The zero-order valence-electron chi connectivity index (χ0n) is 10.8. The molecule has 0 fully saturated rings. The van der Waals surface area contributed by atoms with Gasteiger partial charge in [-0.3, -0.25) is 11.3 Å². The van der Waals surface area contributed by atoms with Crippen LogP contribution in [-0.4, -0.2) is 14.7 Å². The molecule has 1 rings (SSSR count). The Labute approximate surface area is 109 Å². The maximum Gasteiger partial charge on any atom is 0.175 e. The second kappa shape index (κ2) is 6.13. The number of hydrogen-bond acceptors (Lipinski definition) is 4. The molecule has 0 spiro atoms. The Morgan fingerprint density at radius 1 is 1.39 bits per heavy atom. The van der Waals surface area contributed by atoms with Crippen LogP contribution in [-0.2, 0) is 9.84 Å². The van der Waals surface area contributed by atoms with Gasteiger partial charge in [0, 0.05) is 12.3 Å². The molecule has 0 saturated carbocycles. The maximum absolute atomic E-state index is 11.3. The molecule has 0 radical (unpaired) electrons. The number of sulfone groups is 1. The summed E-state index contributed by atoms with van der Waals surface area (Å²) in [7, 11) is -3.14. The van der Waals surface area contributed by atoms with E-state index in [1.54, 1.807) is 24.3 Å². The Balaban J connectivity index is 2.85. The number of hydrogen-bond donors (Lipinski definition) is 2. The highest BCUT2D eigenvalue weighted by molar-refractivity contribution is 7.90. The summed E-state index contributed by atoms with van der Waals surface area (Å²) in [5.74, 6) is 5.52. The van der Waals surface area contributed by atoms with E-state index in [1.165, 1.54) is 6.26 Å².